The number of benzene rings is 2. The first-order valence-electron chi connectivity index (χ1n) is 6.03. The Bertz CT molecular complexity index is 646. The highest BCUT2D eigenvalue weighted by atomic mass is 79.9. The first-order valence-corrected chi connectivity index (χ1v) is 6.82. The molecular formula is C15H14BrFN2O. The number of amides is 1. The summed E-state index contributed by atoms with van der Waals surface area (Å²) in [6.07, 6.45) is 0. The number of hydrogen-bond acceptors (Lipinski definition) is 2. The summed E-state index contributed by atoms with van der Waals surface area (Å²) in [6.45, 7) is 0.334. The molecule has 2 rings (SSSR count). The predicted octanol–water partition coefficient (Wildman–Crippen LogP) is 3.44. The van der Waals surface area contributed by atoms with Gasteiger partial charge in [-0.2, -0.15) is 0 Å². The highest BCUT2D eigenvalue weighted by molar-refractivity contribution is 9.10. The Hall–Kier alpha value is -1.88. The standard InChI is InChI=1S/C15H14BrFN2O/c1-19(9-10-4-2-3-5-14(10)18)15(20)12-7-6-11(16)8-13(12)17/h2-8H,9,18H2,1H3. The van der Waals surface area contributed by atoms with Crippen molar-refractivity contribution >= 4 is 27.5 Å². The van der Waals surface area contributed by atoms with Crippen LogP contribution in [0.4, 0.5) is 10.1 Å². The van der Waals surface area contributed by atoms with Gasteiger partial charge in [-0.15, -0.1) is 0 Å². The Balaban J connectivity index is 2.19. The molecule has 1 amide bonds. The number of nitrogens with two attached hydrogens (primary N) is 1. The molecule has 0 saturated heterocycles. The number of nitrogens with zero attached hydrogens (tertiary/aromatic N) is 1. The molecule has 0 spiro atoms. The molecule has 0 heterocycles. The van der Waals surface area contributed by atoms with Gasteiger partial charge in [-0.3, -0.25) is 4.79 Å². The molecule has 0 atom stereocenters. The van der Waals surface area contributed by atoms with Gasteiger partial charge >= 0.3 is 0 Å². The van der Waals surface area contributed by atoms with E-state index in [1.165, 1.54) is 17.0 Å². The van der Waals surface area contributed by atoms with Crippen molar-refractivity contribution in [1.29, 1.82) is 0 Å². The van der Waals surface area contributed by atoms with E-state index in [2.05, 4.69) is 15.9 Å². The quantitative estimate of drug-likeness (QED) is 0.872. The molecule has 0 fully saturated rings. The summed E-state index contributed by atoms with van der Waals surface area (Å²) in [7, 11) is 1.62. The SMILES string of the molecule is CN(Cc1ccccc1N)C(=O)c1ccc(Br)cc1F. The van der Waals surface area contributed by atoms with Crippen LogP contribution in [0.5, 0.6) is 0 Å². The minimum Gasteiger partial charge on any atom is -0.398 e. The van der Waals surface area contributed by atoms with Gasteiger partial charge in [0, 0.05) is 23.8 Å². The Kier molecular flexibility index (Phi) is 4.39. The second-order valence-corrected chi connectivity index (χ2v) is 5.40. The van der Waals surface area contributed by atoms with Gasteiger partial charge < -0.3 is 10.6 Å². The lowest BCUT2D eigenvalue weighted by Crippen LogP contribution is -2.27. The van der Waals surface area contributed by atoms with Gasteiger partial charge in [0.1, 0.15) is 5.82 Å². The zero-order valence-corrected chi connectivity index (χ0v) is 12.5. The van der Waals surface area contributed by atoms with Crippen LogP contribution >= 0.6 is 15.9 Å². The zero-order chi connectivity index (χ0) is 14.7. The van der Waals surface area contributed by atoms with Crippen molar-refractivity contribution in [1.82, 2.24) is 4.90 Å². The third-order valence-corrected chi connectivity index (χ3v) is 3.46. The molecule has 0 aliphatic heterocycles. The Morgan fingerprint density at radius 1 is 1.30 bits per heavy atom. The lowest BCUT2D eigenvalue weighted by atomic mass is 10.1. The summed E-state index contributed by atoms with van der Waals surface area (Å²) in [5, 5.41) is 0. The summed E-state index contributed by atoms with van der Waals surface area (Å²) < 4.78 is 14.4. The fourth-order valence-electron chi connectivity index (χ4n) is 1.87. The molecule has 2 N–H and O–H groups in total. The smallest absolute Gasteiger partial charge is 0.256 e. The van der Waals surface area contributed by atoms with Crippen molar-refractivity contribution in [2.45, 2.75) is 6.54 Å². The first kappa shape index (κ1) is 14.5. The third kappa shape index (κ3) is 3.17. The predicted molar refractivity (Wildman–Crippen MR) is 80.8 cm³/mol. The molecule has 0 aliphatic rings. The number of carbonyl (C=O) groups excluding carboxylic acids is 1. The van der Waals surface area contributed by atoms with Crippen LogP contribution in [0, 0.1) is 5.82 Å². The average molecular weight is 337 g/mol. The molecule has 0 aromatic heterocycles. The summed E-state index contributed by atoms with van der Waals surface area (Å²) in [5.74, 6) is -0.921. The van der Waals surface area contributed by atoms with Gasteiger partial charge in [0.15, 0.2) is 0 Å². The van der Waals surface area contributed by atoms with Gasteiger partial charge in [0.05, 0.1) is 5.56 Å². The van der Waals surface area contributed by atoms with E-state index in [4.69, 9.17) is 5.73 Å². The maximum absolute atomic E-state index is 13.8. The van der Waals surface area contributed by atoms with E-state index in [9.17, 15) is 9.18 Å². The molecule has 5 heteroatoms. The maximum atomic E-state index is 13.8. The molecule has 0 radical (unpaired) electrons. The van der Waals surface area contributed by atoms with Crippen LogP contribution in [-0.4, -0.2) is 17.9 Å². The van der Waals surface area contributed by atoms with E-state index in [1.807, 2.05) is 18.2 Å². The van der Waals surface area contributed by atoms with Gasteiger partial charge in [0.25, 0.3) is 5.91 Å². The van der Waals surface area contributed by atoms with Gasteiger partial charge in [0.2, 0.25) is 0 Å². The second kappa shape index (κ2) is 6.05. The van der Waals surface area contributed by atoms with Crippen LogP contribution in [-0.2, 0) is 6.54 Å². The van der Waals surface area contributed by atoms with E-state index in [0.29, 0.717) is 16.7 Å². The Morgan fingerprint density at radius 3 is 2.65 bits per heavy atom. The fourth-order valence-corrected chi connectivity index (χ4v) is 2.21. The molecule has 2 aromatic carbocycles. The monoisotopic (exact) mass is 336 g/mol. The molecule has 2 aromatic rings. The van der Waals surface area contributed by atoms with Crippen LogP contribution in [0.15, 0.2) is 46.9 Å². The molecule has 20 heavy (non-hydrogen) atoms. The number of nitrogen functional groups attached to an aromatic ring is 1. The number of rotatable bonds is 3. The van der Waals surface area contributed by atoms with Crippen LogP contribution < -0.4 is 5.73 Å². The van der Waals surface area contributed by atoms with Crippen LogP contribution in [0.25, 0.3) is 0 Å². The number of hydrogen-bond donors (Lipinski definition) is 1. The molecule has 0 unspecified atom stereocenters. The van der Waals surface area contributed by atoms with E-state index < -0.39 is 5.82 Å². The minimum atomic E-state index is -0.544. The summed E-state index contributed by atoms with van der Waals surface area (Å²) in [6, 6.07) is 11.7. The maximum Gasteiger partial charge on any atom is 0.256 e. The number of carbonyl (C=O) groups is 1. The molecule has 0 saturated carbocycles. The molecule has 104 valence electrons. The van der Waals surface area contributed by atoms with Crippen molar-refractivity contribution in [3.63, 3.8) is 0 Å². The highest BCUT2D eigenvalue weighted by Crippen LogP contribution is 2.18. The largest absolute Gasteiger partial charge is 0.398 e. The van der Waals surface area contributed by atoms with Crippen molar-refractivity contribution in [3.05, 3.63) is 63.9 Å². The zero-order valence-electron chi connectivity index (χ0n) is 10.9. The normalized spacial score (nSPS) is 10.3. The van der Waals surface area contributed by atoms with Crippen LogP contribution in [0.2, 0.25) is 0 Å². The minimum absolute atomic E-state index is 0.0465. The molecule has 3 nitrogen and oxygen atoms in total. The molecule has 0 aliphatic carbocycles. The van der Waals surface area contributed by atoms with Crippen molar-refractivity contribution < 1.29 is 9.18 Å². The topological polar surface area (TPSA) is 46.3 Å². The lowest BCUT2D eigenvalue weighted by Gasteiger charge is -2.18. The molecular weight excluding hydrogens is 323 g/mol. The van der Waals surface area contributed by atoms with Gasteiger partial charge in [-0.25, -0.2) is 4.39 Å². The fraction of sp³-hybridized carbons (Fsp3) is 0.133. The van der Waals surface area contributed by atoms with Gasteiger partial charge in [-0.05, 0) is 29.8 Å². The van der Waals surface area contributed by atoms with Crippen molar-refractivity contribution in [2.75, 3.05) is 12.8 Å². The van der Waals surface area contributed by atoms with Crippen molar-refractivity contribution in [2.24, 2.45) is 0 Å². The second-order valence-electron chi connectivity index (χ2n) is 4.48. The average Bonchev–Trinajstić information content (AvgIpc) is 2.40. The Morgan fingerprint density at radius 2 is 2.00 bits per heavy atom. The summed E-state index contributed by atoms with van der Waals surface area (Å²) in [4.78, 5) is 13.7. The first-order chi connectivity index (χ1) is 9.49. The molecule has 0 bridgehead atoms. The summed E-state index contributed by atoms with van der Waals surface area (Å²) >= 11 is 3.16. The number of para-hydroxylation sites is 1. The number of anilines is 1. The van der Waals surface area contributed by atoms with Crippen LogP contribution in [0.3, 0.4) is 0 Å². The van der Waals surface area contributed by atoms with E-state index in [-0.39, 0.29) is 11.5 Å². The van der Waals surface area contributed by atoms with Gasteiger partial charge in [-0.1, -0.05) is 34.1 Å². The summed E-state index contributed by atoms with van der Waals surface area (Å²) in [5.41, 5.74) is 7.33. The number of halogens is 2. The van der Waals surface area contributed by atoms with Crippen LogP contribution in [0.1, 0.15) is 15.9 Å². The Labute approximate surface area is 125 Å². The van der Waals surface area contributed by atoms with Crippen molar-refractivity contribution in [3.8, 4) is 0 Å². The van der Waals surface area contributed by atoms with E-state index >= 15 is 0 Å². The highest BCUT2D eigenvalue weighted by Gasteiger charge is 2.17. The van der Waals surface area contributed by atoms with E-state index in [0.717, 1.165) is 5.56 Å². The van der Waals surface area contributed by atoms with E-state index in [1.54, 1.807) is 19.2 Å². The third-order valence-electron chi connectivity index (χ3n) is 2.97. The lowest BCUT2D eigenvalue weighted by molar-refractivity contribution is 0.0780.